The van der Waals surface area contributed by atoms with Crippen molar-refractivity contribution in [1.29, 1.82) is 5.26 Å². The van der Waals surface area contributed by atoms with Crippen molar-refractivity contribution in [3.05, 3.63) is 10.5 Å². The first-order valence-electron chi connectivity index (χ1n) is 6.24. The zero-order chi connectivity index (χ0) is 13.2. The zero-order valence-electron chi connectivity index (χ0n) is 10.8. The highest BCUT2D eigenvalue weighted by Gasteiger charge is 2.28. The van der Waals surface area contributed by atoms with Crippen molar-refractivity contribution < 1.29 is 0 Å². The Morgan fingerprint density at radius 2 is 2.33 bits per heavy atom. The van der Waals surface area contributed by atoms with Crippen LogP contribution in [0.4, 0.5) is 0 Å². The summed E-state index contributed by atoms with van der Waals surface area (Å²) in [7, 11) is 0. The number of nitriles is 1. The summed E-state index contributed by atoms with van der Waals surface area (Å²) >= 11 is 1.60. The summed E-state index contributed by atoms with van der Waals surface area (Å²) in [6, 6.07) is 2.65. The molecule has 1 fully saturated rings. The molecule has 2 rings (SSSR count). The minimum absolute atomic E-state index is 0.0997. The highest BCUT2D eigenvalue weighted by atomic mass is 32.2. The maximum absolute atomic E-state index is 11.5. The second-order valence-corrected chi connectivity index (χ2v) is 6.42. The van der Waals surface area contributed by atoms with E-state index in [1.807, 2.05) is 13.8 Å². The third-order valence-corrected chi connectivity index (χ3v) is 4.10. The molecule has 1 heterocycles. The van der Waals surface area contributed by atoms with Crippen LogP contribution < -0.4 is 5.69 Å². The van der Waals surface area contributed by atoms with Crippen LogP contribution in [0.15, 0.2) is 9.95 Å². The summed E-state index contributed by atoms with van der Waals surface area (Å²) in [5, 5.41) is 16.3. The summed E-state index contributed by atoms with van der Waals surface area (Å²) in [5.41, 5.74) is -0.361. The first-order valence-corrected chi connectivity index (χ1v) is 7.23. The van der Waals surface area contributed by atoms with Crippen LogP contribution in [0, 0.1) is 16.7 Å². The molecule has 1 N–H and O–H groups in total. The molecule has 0 bridgehead atoms. The number of nitrogens with one attached hydrogen (secondary N) is 1. The molecule has 0 amide bonds. The normalized spacial score (nSPS) is 15.6. The van der Waals surface area contributed by atoms with Gasteiger partial charge in [0.25, 0.3) is 0 Å². The predicted octanol–water partition coefficient (Wildman–Crippen LogP) is 2.33. The highest BCUT2D eigenvalue weighted by Crippen LogP contribution is 2.36. The number of nitrogens with zero attached hydrogens (tertiary/aromatic N) is 3. The van der Waals surface area contributed by atoms with E-state index in [2.05, 4.69) is 16.3 Å². The van der Waals surface area contributed by atoms with Crippen LogP contribution in [-0.4, -0.2) is 20.5 Å². The van der Waals surface area contributed by atoms with Gasteiger partial charge in [-0.25, -0.2) is 9.89 Å². The first kappa shape index (κ1) is 13.2. The van der Waals surface area contributed by atoms with Gasteiger partial charge in [-0.3, -0.25) is 4.57 Å². The molecule has 18 heavy (non-hydrogen) atoms. The Morgan fingerprint density at radius 3 is 2.94 bits per heavy atom. The quantitative estimate of drug-likeness (QED) is 0.633. The number of thioether (sulfide) groups is 1. The molecule has 0 saturated heterocycles. The van der Waals surface area contributed by atoms with Crippen LogP contribution in [-0.2, 0) is 0 Å². The van der Waals surface area contributed by atoms with Crippen molar-refractivity contribution in [1.82, 2.24) is 14.8 Å². The zero-order valence-corrected chi connectivity index (χ0v) is 11.6. The molecule has 0 aromatic carbocycles. The maximum Gasteiger partial charge on any atom is 0.344 e. The molecular weight excluding hydrogens is 248 g/mol. The molecular formula is C12H18N4OS. The average molecular weight is 266 g/mol. The lowest BCUT2D eigenvalue weighted by Gasteiger charge is -2.13. The van der Waals surface area contributed by atoms with Gasteiger partial charge in [-0.1, -0.05) is 11.8 Å². The summed E-state index contributed by atoms with van der Waals surface area (Å²) < 4.78 is 1.76. The van der Waals surface area contributed by atoms with E-state index in [4.69, 9.17) is 5.26 Å². The maximum atomic E-state index is 11.5. The molecule has 1 aliphatic carbocycles. The summed E-state index contributed by atoms with van der Waals surface area (Å²) in [6.07, 6.45) is 3.98. The van der Waals surface area contributed by atoms with E-state index >= 15 is 0 Å². The lowest BCUT2D eigenvalue weighted by molar-refractivity contribution is 0.447. The first-order chi connectivity index (χ1) is 8.53. The molecule has 1 aromatic heterocycles. The van der Waals surface area contributed by atoms with Gasteiger partial charge in [0, 0.05) is 11.8 Å². The van der Waals surface area contributed by atoms with Crippen LogP contribution in [0.1, 0.15) is 45.6 Å². The largest absolute Gasteiger partial charge is 0.344 e. The van der Waals surface area contributed by atoms with Gasteiger partial charge in [0.15, 0.2) is 5.16 Å². The van der Waals surface area contributed by atoms with Crippen LogP contribution in [0.2, 0.25) is 0 Å². The minimum atomic E-state index is -0.262. The van der Waals surface area contributed by atoms with Crippen LogP contribution in [0.3, 0.4) is 0 Å². The van der Waals surface area contributed by atoms with E-state index in [1.165, 1.54) is 0 Å². The second kappa shape index (κ2) is 5.19. The van der Waals surface area contributed by atoms with Gasteiger partial charge in [-0.05, 0) is 39.5 Å². The van der Waals surface area contributed by atoms with Crippen molar-refractivity contribution >= 4 is 11.8 Å². The van der Waals surface area contributed by atoms with E-state index in [0.717, 1.165) is 36.6 Å². The monoisotopic (exact) mass is 266 g/mol. The SMILES string of the molecule is CC(C)(C#N)CCCSc1n[nH]c(=O)n1C1CC1. The van der Waals surface area contributed by atoms with Crippen molar-refractivity contribution in [2.45, 2.75) is 50.7 Å². The Hall–Kier alpha value is -1.22. The van der Waals surface area contributed by atoms with Crippen molar-refractivity contribution in [3.63, 3.8) is 0 Å². The molecule has 0 radical (unpaired) electrons. The van der Waals surface area contributed by atoms with E-state index in [-0.39, 0.29) is 11.1 Å². The Bertz CT molecular complexity index is 507. The third kappa shape index (κ3) is 3.16. The second-order valence-electron chi connectivity index (χ2n) is 5.36. The van der Waals surface area contributed by atoms with E-state index in [1.54, 1.807) is 16.3 Å². The fraction of sp³-hybridized carbons (Fsp3) is 0.750. The van der Waals surface area contributed by atoms with Gasteiger partial charge in [0.1, 0.15) is 0 Å². The molecule has 1 aromatic rings. The Labute approximate surface area is 111 Å². The lowest BCUT2D eigenvalue weighted by Crippen LogP contribution is -2.16. The van der Waals surface area contributed by atoms with Gasteiger partial charge in [-0.15, -0.1) is 5.10 Å². The minimum Gasteiger partial charge on any atom is -0.267 e. The van der Waals surface area contributed by atoms with Crippen LogP contribution in [0.25, 0.3) is 0 Å². The fourth-order valence-corrected chi connectivity index (χ4v) is 2.73. The summed E-state index contributed by atoms with van der Waals surface area (Å²) in [5.74, 6) is 0.891. The smallest absolute Gasteiger partial charge is 0.267 e. The van der Waals surface area contributed by atoms with Gasteiger partial charge in [0.05, 0.1) is 11.5 Å². The van der Waals surface area contributed by atoms with Crippen LogP contribution >= 0.6 is 11.8 Å². The molecule has 6 heteroatoms. The number of rotatable bonds is 6. The van der Waals surface area contributed by atoms with Gasteiger partial charge >= 0.3 is 5.69 Å². The molecule has 1 aliphatic rings. The summed E-state index contributed by atoms with van der Waals surface area (Å²) in [6.45, 7) is 3.90. The number of aromatic amines is 1. The molecule has 5 nitrogen and oxygen atoms in total. The Balaban J connectivity index is 1.84. The molecule has 0 unspecified atom stereocenters. The van der Waals surface area contributed by atoms with Crippen LogP contribution in [0.5, 0.6) is 0 Å². The lowest BCUT2D eigenvalue weighted by atomic mass is 9.90. The van der Waals surface area contributed by atoms with Gasteiger partial charge < -0.3 is 0 Å². The fourth-order valence-electron chi connectivity index (χ4n) is 1.78. The van der Waals surface area contributed by atoms with Crippen molar-refractivity contribution in [2.75, 3.05) is 5.75 Å². The Morgan fingerprint density at radius 1 is 1.61 bits per heavy atom. The molecule has 0 aliphatic heterocycles. The van der Waals surface area contributed by atoms with Crippen molar-refractivity contribution in [3.8, 4) is 6.07 Å². The molecule has 0 atom stereocenters. The van der Waals surface area contributed by atoms with E-state index < -0.39 is 0 Å². The number of hydrogen-bond donors (Lipinski definition) is 1. The third-order valence-electron chi connectivity index (χ3n) is 3.06. The van der Waals surface area contributed by atoms with Crippen molar-refractivity contribution in [2.24, 2.45) is 5.41 Å². The number of aromatic nitrogens is 3. The molecule has 98 valence electrons. The number of hydrogen-bond acceptors (Lipinski definition) is 4. The predicted molar refractivity (Wildman–Crippen MR) is 70.5 cm³/mol. The summed E-state index contributed by atoms with van der Waals surface area (Å²) in [4.78, 5) is 11.5. The average Bonchev–Trinajstić information content (AvgIpc) is 3.10. The number of H-pyrrole nitrogens is 1. The van der Waals surface area contributed by atoms with Gasteiger partial charge in [0.2, 0.25) is 0 Å². The highest BCUT2D eigenvalue weighted by molar-refractivity contribution is 7.99. The van der Waals surface area contributed by atoms with E-state index in [9.17, 15) is 4.79 Å². The topological polar surface area (TPSA) is 74.5 Å². The molecule has 0 spiro atoms. The Kier molecular flexibility index (Phi) is 3.81. The van der Waals surface area contributed by atoms with Gasteiger partial charge in [-0.2, -0.15) is 5.26 Å². The van der Waals surface area contributed by atoms with E-state index in [0.29, 0.717) is 6.04 Å². The molecule has 1 saturated carbocycles. The standard InChI is InChI=1S/C12H18N4OS/c1-12(2,8-13)6-3-7-18-11-15-14-10(17)16(11)9-4-5-9/h9H,3-7H2,1-2H3,(H,14,17).